The Morgan fingerprint density at radius 2 is 2.29 bits per heavy atom. The molecule has 6 nitrogen and oxygen atoms in total. The molecule has 0 radical (unpaired) electrons. The van der Waals surface area contributed by atoms with Crippen LogP contribution in [0.5, 0.6) is 0 Å². The molecule has 90 valence electrons. The second-order valence-corrected chi connectivity index (χ2v) is 3.34. The zero-order valence-electron chi connectivity index (χ0n) is 9.07. The van der Waals surface area contributed by atoms with Crippen LogP contribution in [0, 0.1) is 10.1 Å². The SMILES string of the molecule is C=CCN(CC(=O)O)c1cccc([N+](=O)[O-])c1. The fourth-order valence-electron chi connectivity index (χ4n) is 1.38. The summed E-state index contributed by atoms with van der Waals surface area (Å²) < 4.78 is 0. The fraction of sp³-hybridized carbons (Fsp3) is 0.182. The minimum atomic E-state index is -1.00. The summed E-state index contributed by atoms with van der Waals surface area (Å²) in [5.74, 6) is -1.00. The molecule has 17 heavy (non-hydrogen) atoms. The van der Waals surface area contributed by atoms with E-state index in [9.17, 15) is 14.9 Å². The second-order valence-electron chi connectivity index (χ2n) is 3.34. The lowest BCUT2D eigenvalue weighted by atomic mass is 10.2. The number of carbonyl (C=O) groups is 1. The Hall–Kier alpha value is -2.37. The molecule has 0 aliphatic rings. The molecule has 1 aromatic rings. The highest BCUT2D eigenvalue weighted by Crippen LogP contribution is 2.20. The number of aliphatic carboxylic acids is 1. The molecule has 0 aliphatic carbocycles. The summed E-state index contributed by atoms with van der Waals surface area (Å²) in [6.07, 6.45) is 1.54. The van der Waals surface area contributed by atoms with Crippen LogP contribution in [0.15, 0.2) is 36.9 Å². The molecule has 0 aromatic heterocycles. The molecule has 0 amide bonds. The lowest BCUT2D eigenvalue weighted by molar-refractivity contribution is -0.384. The molecular formula is C11H12N2O4. The van der Waals surface area contributed by atoms with E-state index in [1.165, 1.54) is 23.1 Å². The van der Waals surface area contributed by atoms with E-state index in [-0.39, 0.29) is 12.2 Å². The summed E-state index contributed by atoms with van der Waals surface area (Å²) in [5, 5.41) is 19.3. The van der Waals surface area contributed by atoms with Gasteiger partial charge in [0.1, 0.15) is 6.54 Å². The Bertz CT molecular complexity index is 445. The molecule has 0 atom stereocenters. The fourth-order valence-corrected chi connectivity index (χ4v) is 1.38. The third-order valence-corrected chi connectivity index (χ3v) is 2.08. The zero-order chi connectivity index (χ0) is 12.8. The maximum Gasteiger partial charge on any atom is 0.323 e. The lowest BCUT2D eigenvalue weighted by Crippen LogP contribution is -2.29. The van der Waals surface area contributed by atoms with Crippen LogP contribution in [0.3, 0.4) is 0 Å². The van der Waals surface area contributed by atoms with Crippen molar-refractivity contribution in [3.63, 3.8) is 0 Å². The molecular weight excluding hydrogens is 224 g/mol. The molecule has 0 aliphatic heterocycles. The van der Waals surface area contributed by atoms with Crippen molar-refractivity contribution in [2.45, 2.75) is 0 Å². The van der Waals surface area contributed by atoms with Crippen molar-refractivity contribution in [3.05, 3.63) is 47.0 Å². The van der Waals surface area contributed by atoms with Crippen LogP contribution in [-0.4, -0.2) is 29.1 Å². The van der Waals surface area contributed by atoms with Crippen LogP contribution >= 0.6 is 0 Å². The summed E-state index contributed by atoms with van der Waals surface area (Å²) >= 11 is 0. The smallest absolute Gasteiger partial charge is 0.323 e. The van der Waals surface area contributed by atoms with Crippen molar-refractivity contribution in [1.29, 1.82) is 0 Å². The predicted octanol–water partition coefficient (Wildman–Crippen LogP) is 1.67. The molecule has 0 heterocycles. The lowest BCUT2D eigenvalue weighted by Gasteiger charge is -2.20. The monoisotopic (exact) mass is 236 g/mol. The number of non-ortho nitro benzene ring substituents is 1. The number of nitro groups is 1. The first kappa shape index (κ1) is 12.7. The van der Waals surface area contributed by atoms with E-state index in [2.05, 4.69) is 6.58 Å². The number of carboxylic acid groups (broad SMARTS) is 1. The van der Waals surface area contributed by atoms with Crippen LogP contribution in [0.1, 0.15) is 0 Å². The van der Waals surface area contributed by atoms with Gasteiger partial charge in [-0.3, -0.25) is 14.9 Å². The van der Waals surface area contributed by atoms with Gasteiger partial charge < -0.3 is 10.0 Å². The molecule has 6 heteroatoms. The number of anilines is 1. The van der Waals surface area contributed by atoms with E-state index in [1.54, 1.807) is 12.1 Å². The molecule has 0 saturated carbocycles. The highest BCUT2D eigenvalue weighted by atomic mass is 16.6. The summed E-state index contributed by atoms with van der Waals surface area (Å²) in [4.78, 5) is 22.2. The number of nitro benzene ring substituents is 1. The number of hydrogen-bond donors (Lipinski definition) is 1. The average Bonchev–Trinajstić information content (AvgIpc) is 2.28. The molecule has 0 bridgehead atoms. The van der Waals surface area contributed by atoms with E-state index in [1.807, 2.05) is 0 Å². The Morgan fingerprint density at radius 3 is 2.82 bits per heavy atom. The summed E-state index contributed by atoms with van der Waals surface area (Å²) in [7, 11) is 0. The zero-order valence-corrected chi connectivity index (χ0v) is 9.07. The normalized spacial score (nSPS) is 9.65. The predicted molar refractivity (Wildman–Crippen MR) is 63.1 cm³/mol. The van der Waals surface area contributed by atoms with E-state index in [0.717, 1.165) is 0 Å². The summed E-state index contributed by atoms with van der Waals surface area (Å²) in [6, 6.07) is 5.84. The van der Waals surface area contributed by atoms with Gasteiger partial charge >= 0.3 is 5.97 Å². The van der Waals surface area contributed by atoms with Crippen LogP contribution < -0.4 is 4.90 Å². The number of rotatable bonds is 6. The number of hydrogen-bond acceptors (Lipinski definition) is 4. The first-order valence-corrected chi connectivity index (χ1v) is 4.86. The van der Waals surface area contributed by atoms with E-state index < -0.39 is 10.9 Å². The van der Waals surface area contributed by atoms with Gasteiger partial charge in [-0.15, -0.1) is 6.58 Å². The molecule has 0 spiro atoms. The maximum absolute atomic E-state index is 10.7. The Labute approximate surface area is 97.9 Å². The van der Waals surface area contributed by atoms with Crippen LogP contribution in [0.25, 0.3) is 0 Å². The van der Waals surface area contributed by atoms with Gasteiger partial charge in [0.05, 0.1) is 4.92 Å². The first-order chi connectivity index (χ1) is 8.04. The van der Waals surface area contributed by atoms with Crippen molar-refractivity contribution in [3.8, 4) is 0 Å². The van der Waals surface area contributed by atoms with Gasteiger partial charge in [0.15, 0.2) is 0 Å². The van der Waals surface area contributed by atoms with Crippen molar-refractivity contribution in [2.75, 3.05) is 18.0 Å². The molecule has 1 aromatic carbocycles. The van der Waals surface area contributed by atoms with Crippen molar-refractivity contribution in [2.24, 2.45) is 0 Å². The number of nitrogens with zero attached hydrogens (tertiary/aromatic N) is 2. The first-order valence-electron chi connectivity index (χ1n) is 4.86. The van der Waals surface area contributed by atoms with Gasteiger partial charge in [-0.25, -0.2) is 0 Å². The van der Waals surface area contributed by atoms with Crippen molar-refractivity contribution < 1.29 is 14.8 Å². The second kappa shape index (κ2) is 5.64. The van der Waals surface area contributed by atoms with Crippen molar-refractivity contribution in [1.82, 2.24) is 0 Å². The van der Waals surface area contributed by atoms with Gasteiger partial charge in [0, 0.05) is 24.4 Å². The number of benzene rings is 1. The van der Waals surface area contributed by atoms with Gasteiger partial charge in [0.2, 0.25) is 0 Å². The summed E-state index contributed by atoms with van der Waals surface area (Å²) in [5.41, 5.74) is 0.420. The maximum atomic E-state index is 10.7. The number of carboxylic acids is 1. The minimum Gasteiger partial charge on any atom is -0.480 e. The molecule has 0 unspecified atom stereocenters. The molecule has 0 fully saturated rings. The van der Waals surface area contributed by atoms with Gasteiger partial charge in [-0.05, 0) is 6.07 Å². The molecule has 1 N–H and O–H groups in total. The van der Waals surface area contributed by atoms with Gasteiger partial charge in [-0.1, -0.05) is 12.1 Å². The van der Waals surface area contributed by atoms with E-state index in [4.69, 9.17) is 5.11 Å². The molecule has 0 saturated heterocycles. The quantitative estimate of drug-likeness (QED) is 0.461. The van der Waals surface area contributed by atoms with E-state index in [0.29, 0.717) is 12.2 Å². The van der Waals surface area contributed by atoms with Gasteiger partial charge in [0.25, 0.3) is 5.69 Å². The van der Waals surface area contributed by atoms with E-state index >= 15 is 0 Å². The third kappa shape index (κ3) is 3.60. The standard InChI is InChI=1S/C11H12N2O4/c1-2-6-12(8-11(14)15)9-4-3-5-10(7-9)13(16)17/h2-5,7H,1,6,8H2,(H,14,15). The largest absolute Gasteiger partial charge is 0.480 e. The highest BCUT2D eigenvalue weighted by Gasteiger charge is 2.12. The Morgan fingerprint density at radius 1 is 1.59 bits per heavy atom. The Balaban J connectivity index is 3.00. The topological polar surface area (TPSA) is 83.7 Å². The average molecular weight is 236 g/mol. The summed E-state index contributed by atoms with van der Waals surface area (Å²) in [6.45, 7) is 3.61. The van der Waals surface area contributed by atoms with Crippen LogP contribution in [0.4, 0.5) is 11.4 Å². The molecule has 1 rings (SSSR count). The van der Waals surface area contributed by atoms with Gasteiger partial charge in [-0.2, -0.15) is 0 Å². The third-order valence-electron chi connectivity index (χ3n) is 2.08. The van der Waals surface area contributed by atoms with Crippen molar-refractivity contribution >= 4 is 17.3 Å². The Kier molecular flexibility index (Phi) is 4.21. The minimum absolute atomic E-state index is 0.0676. The van der Waals surface area contributed by atoms with Crippen LogP contribution in [0.2, 0.25) is 0 Å². The highest BCUT2D eigenvalue weighted by molar-refractivity contribution is 5.74. The van der Waals surface area contributed by atoms with Crippen LogP contribution in [-0.2, 0) is 4.79 Å².